The third-order valence-electron chi connectivity index (χ3n) is 3.21. The Kier molecular flexibility index (Phi) is 6.18. The molecule has 0 radical (unpaired) electrons. The Morgan fingerprint density at radius 2 is 0.867 bits per heavy atom. The van der Waals surface area contributed by atoms with E-state index in [1.54, 1.807) is 0 Å². The van der Waals surface area contributed by atoms with Gasteiger partial charge in [0.15, 0.2) is 5.83 Å². The van der Waals surface area contributed by atoms with Gasteiger partial charge in [-0.1, -0.05) is 0 Å². The van der Waals surface area contributed by atoms with Crippen molar-refractivity contribution in [2.75, 3.05) is 0 Å². The minimum absolute atomic E-state index is 1.83. The molecule has 0 aromatic rings. The number of alkyl halides is 16. The molecule has 0 fully saturated rings. The van der Waals surface area contributed by atoms with E-state index in [2.05, 4.69) is 9.47 Å². The number of allylic oxidation sites excluding steroid dienone is 1. The van der Waals surface area contributed by atoms with E-state index < -0.39 is 66.4 Å². The molecule has 178 valence electrons. The standard InChI is InChI=1S/C11H3F17O2/c12-2-1-5(13,14)11(27,28)6(2,29-3(7(15,16)17)8(18,19)20)30-4(9(21,22)23)10(24,25)26/h1,3-4H. The SMILES string of the molecule is FC1=CC(F)(F)C(F)(F)C1(OC(C(F)(F)F)C(F)(F)F)OC(C(F)(F)F)C(F)(F)F. The van der Waals surface area contributed by atoms with E-state index in [4.69, 9.17) is 0 Å². The van der Waals surface area contributed by atoms with Crippen molar-refractivity contribution in [3.8, 4) is 0 Å². The highest BCUT2D eigenvalue weighted by Gasteiger charge is 2.82. The van der Waals surface area contributed by atoms with Crippen LogP contribution in [0.4, 0.5) is 74.6 Å². The van der Waals surface area contributed by atoms with Crippen molar-refractivity contribution < 1.29 is 84.1 Å². The molecular formula is C11H3F17O2. The maximum absolute atomic E-state index is 13.8. The first-order chi connectivity index (χ1) is 12.8. The highest BCUT2D eigenvalue weighted by molar-refractivity contribution is 5.29. The Morgan fingerprint density at radius 1 is 0.600 bits per heavy atom. The summed E-state index contributed by atoms with van der Waals surface area (Å²) in [6.07, 6.45) is -41.1. The summed E-state index contributed by atoms with van der Waals surface area (Å²) in [7, 11) is 0. The second kappa shape index (κ2) is 6.99. The number of rotatable bonds is 4. The van der Waals surface area contributed by atoms with Gasteiger partial charge in [-0.2, -0.15) is 70.2 Å². The van der Waals surface area contributed by atoms with Gasteiger partial charge in [-0.05, 0) is 0 Å². The lowest BCUT2D eigenvalue weighted by Crippen LogP contribution is -2.65. The average molecular weight is 490 g/mol. The van der Waals surface area contributed by atoms with Crippen LogP contribution in [0, 0.1) is 0 Å². The fourth-order valence-corrected chi connectivity index (χ4v) is 1.97. The number of ether oxygens (including phenoxy) is 2. The highest BCUT2D eigenvalue weighted by Crippen LogP contribution is 2.59. The summed E-state index contributed by atoms with van der Waals surface area (Å²) in [5.41, 5.74) is 0. The maximum Gasteiger partial charge on any atom is 0.423 e. The number of hydrogen-bond acceptors (Lipinski definition) is 2. The Hall–Kier alpha value is -1.53. The largest absolute Gasteiger partial charge is 0.423 e. The van der Waals surface area contributed by atoms with Gasteiger partial charge in [0, 0.05) is 6.08 Å². The van der Waals surface area contributed by atoms with Crippen LogP contribution in [0.15, 0.2) is 11.9 Å². The Morgan fingerprint density at radius 3 is 1.03 bits per heavy atom. The average Bonchev–Trinajstić information content (AvgIpc) is 2.52. The summed E-state index contributed by atoms with van der Waals surface area (Å²) in [5.74, 6) is -23.4. The van der Waals surface area contributed by atoms with Crippen molar-refractivity contribution in [2.45, 2.75) is 54.5 Å². The van der Waals surface area contributed by atoms with Gasteiger partial charge in [-0.3, -0.25) is 0 Å². The van der Waals surface area contributed by atoms with E-state index >= 15 is 0 Å². The van der Waals surface area contributed by atoms with Crippen LogP contribution in [0.2, 0.25) is 0 Å². The molecule has 0 unspecified atom stereocenters. The molecule has 0 amide bonds. The van der Waals surface area contributed by atoms with E-state index in [9.17, 15) is 74.6 Å². The second-order valence-electron chi connectivity index (χ2n) is 5.47. The van der Waals surface area contributed by atoms with Crippen molar-refractivity contribution in [3.63, 3.8) is 0 Å². The molecule has 1 aliphatic rings. The van der Waals surface area contributed by atoms with Crippen LogP contribution in [0.25, 0.3) is 0 Å². The lowest BCUT2D eigenvalue weighted by atomic mass is 10.1. The zero-order valence-electron chi connectivity index (χ0n) is 13.0. The molecule has 1 aliphatic carbocycles. The molecule has 30 heavy (non-hydrogen) atoms. The molecule has 19 heteroatoms. The molecule has 0 saturated heterocycles. The van der Waals surface area contributed by atoms with Crippen molar-refractivity contribution in [1.29, 1.82) is 0 Å². The fraction of sp³-hybridized carbons (Fsp3) is 0.818. The summed E-state index contributed by atoms with van der Waals surface area (Å²) in [4.78, 5) is 0. The molecule has 0 atom stereocenters. The Labute approximate surface area is 152 Å². The van der Waals surface area contributed by atoms with Crippen molar-refractivity contribution in [2.24, 2.45) is 0 Å². The minimum atomic E-state index is -6.95. The minimum Gasteiger partial charge on any atom is -0.317 e. The fourth-order valence-electron chi connectivity index (χ4n) is 1.97. The van der Waals surface area contributed by atoms with E-state index in [1.807, 2.05) is 0 Å². The van der Waals surface area contributed by atoms with E-state index in [0.717, 1.165) is 0 Å². The predicted molar refractivity (Wildman–Crippen MR) is 55.8 cm³/mol. The number of hydrogen-bond donors (Lipinski definition) is 0. The molecule has 0 aromatic heterocycles. The van der Waals surface area contributed by atoms with Gasteiger partial charge in [-0.15, -0.1) is 0 Å². The van der Waals surface area contributed by atoms with Gasteiger partial charge in [-0.25, -0.2) is 4.39 Å². The Balaban J connectivity index is 3.78. The lowest BCUT2D eigenvalue weighted by Gasteiger charge is -2.41. The molecular weight excluding hydrogens is 487 g/mol. The Bertz CT molecular complexity index is 601. The van der Waals surface area contributed by atoms with Crippen LogP contribution in [0.3, 0.4) is 0 Å². The van der Waals surface area contributed by atoms with E-state index in [1.165, 1.54) is 0 Å². The van der Waals surface area contributed by atoms with E-state index in [-0.39, 0.29) is 0 Å². The molecule has 0 spiro atoms. The first-order valence-electron chi connectivity index (χ1n) is 6.57. The van der Waals surface area contributed by atoms with Crippen LogP contribution in [0.1, 0.15) is 0 Å². The van der Waals surface area contributed by atoms with E-state index in [0.29, 0.717) is 0 Å². The molecule has 0 aliphatic heterocycles. The van der Waals surface area contributed by atoms with Gasteiger partial charge in [0.05, 0.1) is 0 Å². The summed E-state index contributed by atoms with van der Waals surface area (Å²) >= 11 is 0. The highest BCUT2D eigenvalue weighted by atomic mass is 19.4. The van der Waals surface area contributed by atoms with Crippen molar-refractivity contribution >= 4 is 0 Å². The molecule has 1 rings (SSSR count). The molecule has 0 saturated carbocycles. The predicted octanol–water partition coefficient (Wildman–Crippen LogP) is 5.84. The third kappa shape index (κ3) is 4.54. The van der Waals surface area contributed by atoms with Gasteiger partial charge in [0.2, 0.25) is 0 Å². The maximum atomic E-state index is 13.8. The quantitative estimate of drug-likeness (QED) is 0.365. The monoisotopic (exact) mass is 490 g/mol. The lowest BCUT2D eigenvalue weighted by molar-refractivity contribution is -0.456. The molecule has 0 heterocycles. The van der Waals surface area contributed by atoms with Crippen LogP contribution in [0.5, 0.6) is 0 Å². The van der Waals surface area contributed by atoms with Gasteiger partial charge in [0.25, 0.3) is 18.0 Å². The summed E-state index contributed by atoms with van der Waals surface area (Å²) in [6.45, 7) is 0. The first-order valence-corrected chi connectivity index (χ1v) is 6.57. The normalized spacial score (nSPS) is 22.0. The van der Waals surface area contributed by atoms with Gasteiger partial charge >= 0.3 is 36.6 Å². The molecule has 0 aromatic carbocycles. The van der Waals surface area contributed by atoms with Crippen molar-refractivity contribution in [1.82, 2.24) is 0 Å². The van der Waals surface area contributed by atoms with Gasteiger partial charge in [0.1, 0.15) is 0 Å². The summed E-state index contributed by atoms with van der Waals surface area (Å²) in [5, 5.41) is 0. The van der Waals surface area contributed by atoms with Gasteiger partial charge < -0.3 is 9.47 Å². The zero-order chi connectivity index (χ0) is 24.4. The molecule has 2 nitrogen and oxygen atoms in total. The second-order valence-corrected chi connectivity index (χ2v) is 5.47. The van der Waals surface area contributed by atoms with Crippen LogP contribution in [-0.2, 0) is 9.47 Å². The summed E-state index contributed by atoms with van der Waals surface area (Å²) < 4.78 is 223. The van der Waals surface area contributed by atoms with Crippen molar-refractivity contribution in [3.05, 3.63) is 11.9 Å². The smallest absolute Gasteiger partial charge is 0.317 e. The molecule has 0 N–H and O–H groups in total. The zero-order valence-corrected chi connectivity index (χ0v) is 13.0. The summed E-state index contributed by atoms with van der Waals surface area (Å²) in [6, 6.07) is 0. The number of halogens is 17. The first kappa shape index (κ1) is 26.5. The molecule has 0 bridgehead atoms. The van der Waals surface area contributed by atoms with Crippen LogP contribution in [-0.4, -0.2) is 54.5 Å². The topological polar surface area (TPSA) is 18.5 Å². The van der Waals surface area contributed by atoms with Crippen LogP contribution < -0.4 is 0 Å². The van der Waals surface area contributed by atoms with Crippen LogP contribution >= 0.6 is 0 Å². The third-order valence-corrected chi connectivity index (χ3v) is 3.21.